The van der Waals surface area contributed by atoms with Gasteiger partial charge in [0.2, 0.25) is 12.7 Å². The number of rotatable bonds is 13. The number of hydrogen-bond acceptors (Lipinski definition) is 0. The van der Waals surface area contributed by atoms with Gasteiger partial charge in [0.25, 0.3) is 0 Å². The Balaban J connectivity index is 1.60. The zero-order valence-electron chi connectivity index (χ0n) is 15.7. The molecule has 0 aromatic carbocycles. The number of hydrogen-bond donors (Lipinski definition) is 0. The number of aromatic nitrogens is 4. The molecule has 2 aromatic rings. The lowest BCUT2D eigenvalue weighted by Gasteiger charge is -1.98. The van der Waals surface area contributed by atoms with E-state index >= 15 is 0 Å². The van der Waals surface area contributed by atoms with Crippen LogP contribution in [-0.2, 0) is 26.2 Å². The molecule has 0 aliphatic rings. The van der Waals surface area contributed by atoms with E-state index in [1.807, 2.05) is 0 Å². The van der Waals surface area contributed by atoms with Crippen LogP contribution < -0.4 is 9.13 Å². The molecule has 0 atom stereocenters. The molecule has 4 nitrogen and oxygen atoms in total. The van der Waals surface area contributed by atoms with Crippen molar-refractivity contribution in [1.29, 1.82) is 0 Å². The highest BCUT2D eigenvalue weighted by molar-refractivity contribution is 4.68. The van der Waals surface area contributed by atoms with Crippen LogP contribution >= 0.6 is 0 Å². The molecule has 0 fully saturated rings. The lowest BCUT2D eigenvalue weighted by atomic mass is 10.2. The number of aryl methyl sites for hydroxylation is 4. The highest BCUT2D eigenvalue weighted by atomic mass is 15.1. The molecule has 0 bridgehead atoms. The van der Waals surface area contributed by atoms with Crippen molar-refractivity contribution in [3.8, 4) is 0 Å². The molecule has 0 aliphatic carbocycles. The Labute approximate surface area is 147 Å². The van der Waals surface area contributed by atoms with Gasteiger partial charge >= 0.3 is 0 Å². The van der Waals surface area contributed by atoms with Gasteiger partial charge in [-0.1, -0.05) is 26.7 Å². The van der Waals surface area contributed by atoms with Crippen LogP contribution in [0.4, 0.5) is 0 Å². The summed E-state index contributed by atoms with van der Waals surface area (Å²) in [6, 6.07) is 0. The first-order chi connectivity index (χ1) is 11.8. The lowest BCUT2D eigenvalue weighted by Crippen LogP contribution is -2.31. The van der Waals surface area contributed by atoms with Gasteiger partial charge in [-0.05, 0) is 38.5 Å². The SMILES string of the molecule is CCCCC[n+]1ccn(CCCCn2cc[n+](CCCCC)c2)c1. The minimum atomic E-state index is 1.12. The van der Waals surface area contributed by atoms with Crippen LogP contribution in [-0.4, -0.2) is 9.13 Å². The summed E-state index contributed by atoms with van der Waals surface area (Å²) < 4.78 is 9.29. The molecule has 2 rings (SSSR count). The molecule has 0 amide bonds. The highest BCUT2D eigenvalue weighted by Gasteiger charge is 2.05. The summed E-state index contributed by atoms with van der Waals surface area (Å²) in [4.78, 5) is 0. The summed E-state index contributed by atoms with van der Waals surface area (Å²) in [5, 5.41) is 0. The Hall–Kier alpha value is -1.58. The predicted molar refractivity (Wildman–Crippen MR) is 97.5 cm³/mol. The molecule has 0 unspecified atom stereocenters. The Morgan fingerprint density at radius 3 is 1.50 bits per heavy atom. The van der Waals surface area contributed by atoms with Crippen LogP contribution in [0.25, 0.3) is 0 Å². The Morgan fingerprint density at radius 2 is 1.08 bits per heavy atom. The minimum absolute atomic E-state index is 1.12. The molecule has 0 saturated heterocycles. The summed E-state index contributed by atoms with van der Waals surface area (Å²) >= 11 is 0. The Bertz CT molecular complexity index is 505. The molecule has 0 spiro atoms. The van der Waals surface area contributed by atoms with Crippen molar-refractivity contribution in [2.75, 3.05) is 0 Å². The summed E-state index contributed by atoms with van der Waals surface area (Å²) in [7, 11) is 0. The third kappa shape index (κ3) is 6.90. The normalized spacial score (nSPS) is 11.2. The maximum absolute atomic E-state index is 2.33. The fraction of sp³-hybridized carbons (Fsp3) is 0.700. The van der Waals surface area contributed by atoms with E-state index in [4.69, 9.17) is 0 Å². The van der Waals surface area contributed by atoms with Crippen LogP contribution in [0.3, 0.4) is 0 Å². The highest BCUT2D eigenvalue weighted by Crippen LogP contribution is 2.00. The van der Waals surface area contributed by atoms with Gasteiger partial charge in [0.05, 0.1) is 26.2 Å². The Morgan fingerprint density at radius 1 is 0.625 bits per heavy atom. The smallest absolute Gasteiger partial charge is 0.237 e. The second kappa shape index (κ2) is 11.1. The largest absolute Gasteiger partial charge is 0.243 e. The number of unbranched alkanes of at least 4 members (excludes halogenated alkanes) is 5. The fourth-order valence-corrected chi connectivity index (χ4v) is 3.08. The van der Waals surface area contributed by atoms with Gasteiger partial charge in [0.15, 0.2) is 0 Å². The summed E-state index contributed by atoms with van der Waals surface area (Å²) in [6.45, 7) is 9.07. The first kappa shape index (κ1) is 18.8. The van der Waals surface area contributed by atoms with Crippen molar-refractivity contribution in [3.05, 3.63) is 37.4 Å². The van der Waals surface area contributed by atoms with E-state index in [1.165, 1.54) is 51.4 Å². The lowest BCUT2D eigenvalue weighted by molar-refractivity contribution is -0.697. The van der Waals surface area contributed by atoms with Crippen molar-refractivity contribution in [3.63, 3.8) is 0 Å². The molecule has 134 valence electrons. The van der Waals surface area contributed by atoms with E-state index in [9.17, 15) is 0 Å². The predicted octanol–water partition coefficient (Wildman–Crippen LogP) is 3.73. The number of imidazole rings is 2. The molecular formula is C20H36N4+2. The van der Waals surface area contributed by atoms with E-state index in [0.29, 0.717) is 0 Å². The van der Waals surface area contributed by atoms with Gasteiger partial charge in [-0.2, -0.15) is 0 Å². The molecule has 2 heterocycles. The van der Waals surface area contributed by atoms with Crippen LogP contribution in [0.15, 0.2) is 37.4 Å². The molecule has 24 heavy (non-hydrogen) atoms. The van der Waals surface area contributed by atoms with E-state index in [2.05, 4.69) is 69.6 Å². The number of nitrogens with zero attached hydrogens (tertiary/aromatic N) is 4. The molecule has 0 radical (unpaired) electrons. The molecular weight excluding hydrogens is 296 g/mol. The average molecular weight is 333 g/mol. The van der Waals surface area contributed by atoms with Gasteiger partial charge in [-0.25, -0.2) is 18.3 Å². The van der Waals surface area contributed by atoms with E-state index in [-0.39, 0.29) is 0 Å². The van der Waals surface area contributed by atoms with Crippen LogP contribution in [0, 0.1) is 0 Å². The molecule has 0 aliphatic heterocycles. The summed E-state index contributed by atoms with van der Waals surface area (Å²) in [6.07, 6.45) is 23.6. The van der Waals surface area contributed by atoms with Gasteiger partial charge in [-0.15, -0.1) is 0 Å². The van der Waals surface area contributed by atoms with Crippen LogP contribution in [0.1, 0.15) is 65.2 Å². The summed E-state index contributed by atoms with van der Waals surface area (Å²) in [5.41, 5.74) is 0. The third-order valence-corrected chi connectivity index (χ3v) is 4.61. The Kier molecular flexibility index (Phi) is 8.64. The van der Waals surface area contributed by atoms with E-state index in [1.54, 1.807) is 0 Å². The topological polar surface area (TPSA) is 17.6 Å². The van der Waals surface area contributed by atoms with Gasteiger partial charge in [0, 0.05) is 0 Å². The van der Waals surface area contributed by atoms with Crippen molar-refractivity contribution in [2.24, 2.45) is 0 Å². The monoisotopic (exact) mass is 332 g/mol. The van der Waals surface area contributed by atoms with Crippen molar-refractivity contribution in [1.82, 2.24) is 9.13 Å². The van der Waals surface area contributed by atoms with E-state index < -0.39 is 0 Å². The fourth-order valence-electron chi connectivity index (χ4n) is 3.08. The third-order valence-electron chi connectivity index (χ3n) is 4.61. The maximum Gasteiger partial charge on any atom is 0.243 e. The standard InChI is InChI=1S/C20H36N4/c1-3-5-7-11-21-15-17-23(19-21)13-9-10-14-24-18-16-22(20-24)12-8-6-4-2/h15-20H,3-14H2,1-2H3/q+2. The van der Waals surface area contributed by atoms with Crippen molar-refractivity contribution >= 4 is 0 Å². The van der Waals surface area contributed by atoms with Crippen LogP contribution in [0.5, 0.6) is 0 Å². The van der Waals surface area contributed by atoms with Gasteiger partial charge < -0.3 is 0 Å². The summed E-state index contributed by atoms with van der Waals surface area (Å²) in [5.74, 6) is 0. The zero-order chi connectivity index (χ0) is 17.0. The molecule has 2 aromatic heterocycles. The minimum Gasteiger partial charge on any atom is -0.237 e. The molecule has 0 N–H and O–H groups in total. The average Bonchev–Trinajstić information content (AvgIpc) is 3.22. The van der Waals surface area contributed by atoms with Gasteiger partial charge in [0.1, 0.15) is 24.8 Å². The van der Waals surface area contributed by atoms with Gasteiger partial charge in [-0.3, -0.25) is 0 Å². The second-order valence-corrected chi connectivity index (χ2v) is 6.90. The second-order valence-electron chi connectivity index (χ2n) is 6.90. The van der Waals surface area contributed by atoms with Crippen LogP contribution in [0.2, 0.25) is 0 Å². The first-order valence-corrected chi connectivity index (χ1v) is 9.91. The van der Waals surface area contributed by atoms with Crippen molar-refractivity contribution < 1.29 is 9.13 Å². The molecule has 0 saturated carbocycles. The first-order valence-electron chi connectivity index (χ1n) is 9.91. The molecule has 4 heteroatoms. The quantitative estimate of drug-likeness (QED) is 0.393. The zero-order valence-corrected chi connectivity index (χ0v) is 15.7. The van der Waals surface area contributed by atoms with E-state index in [0.717, 1.165) is 26.2 Å². The maximum atomic E-state index is 2.33. The van der Waals surface area contributed by atoms with Crippen molar-refractivity contribution in [2.45, 2.75) is 91.4 Å².